The van der Waals surface area contributed by atoms with Crippen LogP contribution in [0.3, 0.4) is 0 Å². The van der Waals surface area contributed by atoms with Crippen molar-refractivity contribution in [3.05, 3.63) is 97.2 Å². The third kappa shape index (κ3) is 53.2. The molecular weight excluding hydrogens is 829 g/mol. The minimum Gasteiger partial charge on any atom is -0.462 e. The zero-order valence-corrected chi connectivity index (χ0v) is 43.6. The van der Waals surface area contributed by atoms with Crippen LogP contribution in [-0.4, -0.2) is 37.2 Å². The Balaban J connectivity index is 4.20. The standard InChI is InChI=1S/C61H102O6/c1-4-7-10-13-15-17-19-21-23-25-27-29-30-32-33-35-37-39-41-43-45-48-51-54-60(63)66-57-58(56-65-59(62)53-50-47-12-9-6-3)67-61(64)55-52-49-46-44-42-40-38-36-34-31-28-26-24-22-20-18-16-14-11-8-5-2/h7,10,15,17,20-23,26-29,32-33,37,39,58H,4-6,8-9,11-14,16,18-19,24-25,30-31,34-36,38,40-57H2,1-3H3/b10-7-,17-15-,22-20-,23-21-,28-26-,29-27-,33-32-,39-37-. The van der Waals surface area contributed by atoms with Crippen LogP contribution in [0.1, 0.15) is 252 Å². The van der Waals surface area contributed by atoms with Crippen LogP contribution in [0, 0.1) is 0 Å². The summed E-state index contributed by atoms with van der Waals surface area (Å²) in [4.78, 5) is 37.8. The monoisotopic (exact) mass is 931 g/mol. The van der Waals surface area contributed by atoms with Gasteiger partial charge in [0.05, 0.1) is 0 Å². The first-order valence-electron chi connectivity index (χ1n) is 27.7. The zero-order chi connectivity index (χ0) is 48.6. The van der Waals surface area contributed by atoms with Crippen molar-refractivity contribution in [2.24, 2.45) is 0 Å². The summed E-state index contributed by atoms with van der Waals surface area (Å²) >= 11 is 0. The lowest BCUT2D eigenvalue weighted by Gasteiger charge is -2.18. The van der Waals surface area contributed by atoms with Crippen molar-refractivity contribution in [2.75, 3.05) is 13.2 Å². The normalized spacial score (nSPS) is 12.8. The first kappa shape index (κ1) is 63.3. The summed E-state index contributed by atoms with van der Waals surface area (Å²) in [6.07, 6.45) is 72.9. The summed E-state index contributed by atoms with van der Waals surface area (Å²) in [5.41, 5.74) is 0. The minimum absolute atomic E-state index is 0.0889. The summed E-state index contributed by atoms with van der Waals surface area (Å²) in [5, 5.41) is 0. The quantitative estimate of drug-likeness (QED) is 0.0262. The molecule has 6 heteroatoms. The third-order valence-electron chi connectivity index (χ3n) is 11.6. The van der Waals surface area contributed by atoms with Gasteiger partial charge < -0.3 is 14.2 Å². The molecule has 1 atom stereocenters. The molecule has 0 fully saturated rings. The molecule has 0 aromatic carbocycles. The molecule has 0 aliphatic rings. The average molecular weight is 931 g/mol. The molecule has 0 rings (SSSR count). The van der Waals surface area contributed by atoms with Crippen molar-refractivity contribution in [3.8, 4) is 0 Å². The number of hydrogen-bond acceptors (Lipinski definition) is 6. The summed E-state index contributed by atoms with van der Waals surface area (Å²) in [6.45, 7) is 6.40. The van der Waals surface area contributed by atoms with E-state index in [-0.39, 0.29) is 31.1 Å². The van der Waals surface area contributed by atoms with Gasteiger partial charge in [-0.25, -0.2) is 0 Å². The van der Waals surface area contributed by atoms with Crippen molar-refractivity contribution >= 4 is 17.9 Å². The topological polar surface area (TPSA) is 78.9 Å². The van der Waals surface area contributed by atoms with E-state index >= 15 is 0 Å². The van der Waals surface area contributed by atoms with Gasteiger partial charge in [-0.3, -0.25) is 14.4 Å². The molecule has 0 N–H and O–H groups in total. The lowest BCUT2D eigenvalue weighted by atomic mass is 10.1. The molecule has 0 amide bonds. The Morgan fingerprint density at radius 3 is 0.910 bits per heavy atom. The maximum Gasteiger partial charge on any atom is 0.306 e. The number of allylic oxidation sites excluding steroid dienone is 16. The highest BCUT2D eigenvalue weighted by molar-refractivity contribution is 5.71. The maximum atomic E-state index is 12.8. The smallest absolute Gasteiger partial charge is 0.306 e. The van der Waals surface area contributed by atoms with Crippen LogP contribution in [0.25, 0.3) is 0 Å². The third-order valence-corrected chi connectivity index (χ3v) is 11.6. The summed E-state index contributed by atoms with van der Waals surface area (Å²) < 4.78 is 16.7. The van der Waals surface area contributed by atoms with Gasteiger partial charge in [-0.05, 0) is 103 Å². The molecule has 0 bridgehead atoms. The molecule has 1 unspecified atom stereocenters. The largest absolute Gasteiger partial charge is 0.462 e. The summed E-state index contributed by atoms with van der Waals surface area (Å²) in [7, 11) is 0. The van der Waals surface area contributed by atoms with E-state index < -0.39 is 6.10 Å². The Kier molecular flexibility index (Phi) is 51.9. The summed E-state index contributed by atoms with van der Waals surface area (Å²) in [5.74, 6) is -0.933. The van der Waals surface area contributed by atoms with Gasteiger partial charge >= 0.3 is 17.9 Å². The van der Waals surface area contributed by atoms with Crippen molar-refractivity contribution in [1.82, 2.24) is 0 Å². The fourth-order valence-electron chi connectivity index (χ4n) is 7.42. The van der Waals surface area contributed by atoms with Crippen LogP contribution >= 0.6 is 0 Å². The van der Waals surface area contributed by atoms with E-state index in [1.54, 1.807) is 0 Å². The molecule has 0 heterocycles. The highest BCUT2D eigenvalue weighted by atomic mass is 16.6. The summed E-state index contributed by atoms with van der Waals surface area (Å²) in [6, 6.07) is 0. The molecule has 6 nitrogen and oxygen atoms in total. The van der Waals surface area contributed by atoms with Gasteiger partial charge in [0.2, 0.25) is 0 Å². The number of carbonyl (C=O) groups excluding carboxylic acids is 3. The molecule has 0 radical (unpaired) electrons. The lowest BCUT2D eigenvalue weighted by molar-refractivity contribution is -0.167. The molecule has 0 saturated carbocycles. The molecular formula is C61H102O6. The second-order valence-electron chi connectivity index (χ2n) is 18.1. The molecule has 67 heavy (non-hydrogen) atoms. The first-order valence-corrected chi connectivity index (χ1v) is 27.7. The Hall–Kier alpha value is -3.67. The van der Waals surface area contributed by atoms with Gasteiger partial charge in [0.25, 0.3) is 0 Å². The molecule has 0 spiro atoms. The van der Waals surface area contributed by atoms with Gasteiger partial charge in [-0.1, -0.05) is 227 Å². The lowest BCUT2D eigenvalue weighted by Crippen LogP contribution is -2.30. The van der Waals surface area contributed by atoms with Crippen LogP contribution in [0.4, 0.5) is 0 Å². The first-order chi connectivity index (χ1) is 33.0. The molecule has 0 aromatic rings. The Morgan fingerprint density at radius 2 is 0.582 bits per heavy atom. The van der Waals surface area contributed by atoms with Crippen molar-refractivity contribution in [2.45, 2.75) is 258 Å². The van der Waals surface area contributed by atoms with Crippen molar-refractivity contribution in [3.63, 3.8) is 0 Å². The Morgan fingerprint density at radius 1 is 0.313 bits per heavy atom. The van der Waals surface area contributed by atoms with E-state index in [2.05, 4.69) is 118 Å². The number of carbonyl (C=O) groups is 3. The van der Waals surface area contributed by atoms with E-state index in [4.69, 9.17) is 14.2 Å². The van der Waals surface area contributed by atoms with Crippen LogP contribution in [0.15, 0.2) is 97.2 Å². The Labute approximate surface area is 413 Å². The molecule has 0 saturated heterocycles. The highest BCUT2D eigenvalue weighted by Crippen LogP contribution is 2.14. The fraction of sp³-hybridized carbons (Fsp3) is 0.689. The number of rotatable bonds is 49. The highest BCUT2D eigenvalue weighted by Gasteiger charge is 2.19. The van der Waals surface area contributed by atoms with Crippen LogP contribution in [-0.2, 0) is 28.6 Å². The average Bonchev–Trinajstić information content (AvgIpc) is 3.33. The van der Waals surface area contributed by atoms with E-state index in [0.29, 0.717) is 19.3 Å². The van der Waals surface area contributed by atoms with E-state index in [1.165, 1.54) is 89.9 Å². The molecule has 0 aromatic heterocycles. The van der Waals surface area contributed by atoms with Crippen LogP contribution in [0.2, 0.25) is 0 Å². The molecule has 0 aliphatic heterocycles. The second kappa shape index (κ2) is 54.9. The van der Waals surface area contributed by atoms with Crippen LogP contribution in [0.5, 0.6) is 0 Å². The van der Waals surface area contributed by atoms with Gasteiger partial charge in [0.15, 0.2) is 6.10 Å². The predicted octanol–water partition coefficient (Wildman–Crippen LogP) is 18.5. The maximum absolute atomic E-state index is 12.8. The molecule has 382 valence electrons. The minimum atomic E-state index is -0.788. The van der Waals surface area contributed by atoms with E-state index in [1.807, 2.05) is 0 Å². The van der Waals surface area contributed by atoms with Crippen molar-refractivity contribution in [1.29, 1.82) is 0 Å². The Bertz CT molecular complexity index is 1350. The number of hydrogen-bond donors (Lipinski definition) is 0. The van der Waals surface area contributed by atoms with Gasteiger partial charge in [-0.2, -0.15) is 0 Å². The fourth-order valence-corrected chi connectivity index (χ4v) is 7.42. The number of ether oxygens (including phenoxy) is 3. The van der Waals surface area contributed by atoms with Gasteiger partial charge in [-0.15, -0.1) is 0 Å². The number of esters is 3. The van der Waals surface area contributed by atoms with E-state index in [0.717, 1.165) is 122 Å². The van der Waals surface area contributed by atoms with Crippen LogP contribution < -0.4 is 0 Å². The number of unbranched alkanes of at least 4 members (excludes halogenated alkanes) is 22. The second-order valence-corrected chi connectivity index (χ2v) is 18.1. The van der Waals surface area contributed by atoms with Crippen molar-refractivity contribution < 1.29 is 28.6 Å². The zero-order valence-electron chi connectivity index (χ0n) is 43.6. The van der Waals surface area contributed by atoms with Gasteiger partial charge in [0, 0.05) is 19.3 Å². The van der Waals surface area contributed by atoms with Gasteiger partial charge in [0.1, 0.15) is 13.2 Å². The predicted molar refractivity (Wildman–Crippen MR) is 288 cm³/mol. The SMILES string of the molecule is CC/C=C\C/C=C\C/C=C\C/C=C\C/C=C\C/C=C\CCCCCCC(=O)OCC(COC(=O)CCCCCCC)OC(=O)CCCCCCCCCCC/C=C\C/C=C\CCCCCCC. The van der Waals surface area contributed by atoms with E-state index in [9.17, 15) is 14.4 Å². The molecule has 0 aliphatic carbocycles.